The van der Waals surface area contributed by atoms with E-state index in [1.54, 1.807) is 0 Å². The molecule has 0 bridgehead atoms. The van der Waals surface area contributed by atoms with E-state index in [1.165, 1.54) is 20.0 Å². The van der Waals surface area contributed by atoms with Gasteiger partial charge in [0.2, 0.25) is 11.8 Å². The van der Waals surface area contributed by atoms with Crippen LogP contribution in [-0.2, 0) is 19.1 Å². The van der Waals surface area contributed by atoms with E-state index in [0.717, 1.165) is 6.42 Å². The first kappa shape index (κ1) is 17.8. The second-order valence-electron chi connectivity index (χ2n) is 7.67. The topological polar surface area (TPSA) is 84.5 Å². The Bertz CT molecular complexity index is 485. The zero-order valence-electron chi connectivity index (χ0n) is 14.5. The summed E-state index contributed by atoms with van der Waals surface area (Å²) in [5.41, 5.74) is -0.272. The number of hydrogen-bond donors (Lipinski definition) is 2. The predicted molar refractivity (Wildman–Crippen MR) is 85.4 cm³/mol. The van der Waals surface area contributed by atoms with E-state index in [0.29, 0.717) is 12.3 Å². The van der Waals surface area contributed by atoms with Crippen LogP contribution >= 0.6 is 0 Å². The van der Waals surface area contributed by atoms with Gasteiger partial charge in [0.1, 0.15) is 6.04 Å². The van der Waals surface area contributed by atoms with Crippen molar-refractivity contribution in [1.29, 1.82) is 0 Å². The Hall–Kier alpha value is -1.59. The highest BCUT2D eigenvalue weighted by atomic mass is 16.5. The molecule has 0 aromatic heterocycles. The van der Waals surface area contributed by atoms with Crippen molar-refractivity contribution in [3.05, 3.63) is 0 Å². The highest BCUT2D eigenvalue weighted by Gasteiger charge is 2.40. The van der Waals surface area contributed by atoms with E-state index in [1.807, 2.05) is 20.8 Å². The summed E-state index contributed by atoms with van der Waals surface area (Å²) >= 11 is 0. The third-order valence-electron chi connectivity index (χ3n) is 4.74. The quantitative estimate of drug-likeness (QED) is 0.693. The first-order valence-electron chi connectivity index (χ1n) is 8.42. The molecule has 0 aromatic carbocycles. The van der Waals surface area contributed by atoms with Crippen LogP contribution in [0.5, 0.6) is 0 Å². The van der Waals surface area contributed by atoms with Crippen molar-refractivity contribution in [1.82, 2.24) is 10.6 Å². The number of rotatable bonds is 7. The Morgan fingerprint density at radius 1 is 1.35 bits per heavy atom. The average molecular weight is 324 g/mol. The van der Waals surface area contributed by atoms with Crippen molar-refractivity contribution >= 4 is 17.8 Å². The number of hydrogen-bond acceptors (Lipinski definition) is 4. The van der Waals surface area contributed by atoms with Gasteiger partial charge < -0.3 is 15.4 Å². The van der Waals surface area contributed by atoms with E-state index in [4.69, 9.17) is 4.74 Å². The first-order valence-corrected chi connectivity index (χ1v) is 8.42. The molecule has 2 aliphatic rings. The molecule has 3 atom stereocenters. The molecule has 1 heterocycles. The lowest BCUT2D eigenvalue weighted by atomic mass is 9.91. The second kappa shape index (κ2) is 6.89. The van der Waals surface area contributed by atoms with Gasteiger partial charge >= 0.3 is 5.97 Å². The highest BCUT2D eigenvalue weighted by Crippen LogP contribution is 2.35. The number of nitrogens with one attached hydrogen (secondary N) is 2. The fraction of sp³-hybridized carbons (Fsp3) is 0.824. The van der Waals surface area contributed by atoms with Gasteiger partial charge in [-0.2, -0.15) is 0 Å². The van der Waals surface area contributed by atoms with Gasteiger partial charge in [0.25, 0.3) is 0 Å². The van der Waals surface area contributed by atoms with Gasteiger partial charge in [-0.3, -0.25) is 9.59 Å². The largest absolute Gasteiger partial charge is 0.467 e. The van der Waals surface area contributed by atoms with Crippen molar-refractivity contribution in [2.75, 3.05) is 7.11 Å². The highest BCUT2D eigenvalue weighted by molar-refractivity contribution is 5.87. The average Bonchev–Trinajstić information content (AvgIpc) is 3.23. The molecule has 1 unspecified atom stereocenters. The van der Waals surface area contributed by atoms with Crippen molar-refractivity contribution in [2.45, 2.75) is 64.5 Å². The van der Waals surface area contributed by atoms with E-state index < -0.39 is 12.0 Å². The van der Waals surface area contributed by atoms with Crippen LogP contribution in [0.15, 0.2) is 0 Å². The SMILES string of the molecule is COC(=O)[C@H](CC1CC(C)(C)NC1=O)NC(=O)[C@@H](C)CC1CC1. The predicted octanol–water partition coefficient (Wildman–Crippen LogP) is 1.39. The molecule has 1 aliphatic carbocycles. The maximum atomic E-state index is 12.3. The van der Waals surface area contributed by atoms with Gasteiger partial charge in [0.15, 0.2) is 0 Å². The molecule has 0 radical (unpaired) electrons. The molecule has 1 saturated carbocycles. The third-order valence-corrected chi connectivity index (χ3v) is 4.74. The van der Waals surface area contributed by atoms with Crippen LogP contribution in [0, 0.1) is 17.8 Å². The maximum absolute atomic E-state index is 12.3. The van der Waals surface area contributed by atoms with Gasteiger partial charge in [-0.1, -0.05) is 19.8 Å². The fourth-order valence-electron chi connectivity index (χ4n) is 3.30. The molecule has 1 aliphatic heterocycles. The van der Waals surface area contributed by atoms with E-state index in [-0.39, 0.29) is 35.6 Å². The maximum Gasteiger partial charge on any atom is 0.328 e. The van der Waals surface area contributed by atoms with Crippen LogP contribution in [0.4, 0.5) is 0 Å². The summed E-state index contributed by atoms with van der Waals surface area (Å²) in [4.78, 5) is 36.3. The van der Waals surface area contributed by atoms with Gasteiger partial charge in [-0.15, -0.1) is 0 Å². The van der Waals surface area contributed by atoms with Crippen molar-refractivity contribution < 1.29 is 19.1 Å². The number of esters is 1. The Kier molecular flexibility index (Phi) is 5.32. The zero-order chi connectivity index (χ0) is 17.2. The van der Waals surface area contributed by atoms with E-state index >= 15 is 0 Å². The summed E-state index contributed by atoms with van der Waals surface area (Å²) in [5.74, 6) is -0.450. The van der Waals surface area contributed by atoms with Crippen molar-refractivity contribution in [3.8, 4) is 0 Å². The lowest BCUT2D eigenvalue weighted by molar-refractivity contribution is -0.146. The minimum atomic E-state index is -0.765. The molecule has 2 N–H and O–H groups in total. The van der Waals surface area contributed by atoms with Crippen LogP contribution < -0.4 is 10.6 Å². The molecule has 23 heavy (non-hydrogen) atoms. The second-order valence-corrected chi connectivity index (χ2v) is 7.67. The number of carbonyl (C=O) groups excluding carboxylic acids is 3. The summed E-state index contributed by atoms with van der Waals surface area (Å²) in [6, 6.07) is -0.765. The Morgan fingerprint density at radius 3 is 2.48 bits per heavy atom. The van der Waals surface area contributed by atoms with Gasteiger partial charge in [0.05, 0.1) is 7.11 Å². The smallest absolute Gasteiger partial charge is 0.328 e. The molecule has 2 amide bonds. The first-order chi connectivity index (χ1) is 10.7. The minimum absolute atomic E-state index is 0.0656. The summed E-state index contributed by atoms with van der Waals surface area (Å²) in [7, 11) is 1.30. The number of methoxy groups -OCH3 is 1. The molecule has 6 nitrogen and oxygen atoms in total. The summed E-state index contributed by atoms with van der Waals surface area (Å²) < 4.78 is 4.80. The monoisotopic (exact) mass is 324 g/mol. The Labute approximate surface area is 137 Å². The van der Waals surface area contributed by atoms with Crippen LogP contribution in [0.3, 0.4) is 0 Å². The molecule has 2 rings (SSSR count). The Balaban J connectivity index is 1.95. The lowest BCUT2D eigenvalue weighted by Crippen LogP contribution is -2.45. The third kappa shape index (κ3) is 4.94. The summed E-state index contributed by atoms with van der Waals surface area (Å²) in [6.07, 6.45) is 4.16. The summed E-state index contributed by atoms with van der Waals surface area (Å²) in [6.45, 7) is 5.79. The molecular weight excluding hydrogens is 296 g/mol. The van der Waals surface area contributed by atoms with E-state index in [2.05, 4.69) is 10.6 Å². The normalized spacial score (nSPS) is 25.4. The van der Waals surface area contributed by atoms with Crippen LogP contribution in [-0.4, -0.2) is 36.5 Å². The van der Waals surface area contributed by atoms with Crippen LogP contribution in [0.1, 0.15) is 52.9 Å². The Morgan fingerprint density at radius 2 is 2.00 bits per heavy atom. The zero-order valence-corrected chi connectivity index (χ0v) is 14.5. The van der Waals surface area contributed by atoms with E-state index in [9.17, 15) is 14.4 Å². The summed E-state index contributed by atoms with van der Waals surface area (Å²) in [5, 5.41) is 5.69. The molecule has 1 saturated heterocycles. The number of amides is 2. The molecule has 130 valence electrons. The van der Waals surface area contributed by atoms with Gasteiger partial charge in [-0.05, 0) is 39.0 Å². The molecule has 2 fully saturated rings. The number of carbonyl (C=O) groups is 3. The molecule has 6 heteroatoms. The molecular formula is C17H28N2O4. The molecule has 0 aromatic rings. The van der Waals surface area contributed by atoms with Gasteiger partial charge in [0, 0.05) is 17.4 Å². The van der Waals surface area contributed by atoms with Gasteiger partial charge in [-0.25, -0.2) is 4.79 Å². The fourth-order valence-corrected chi connectivity index (χ4v) is 3.30. The molecule has 0 spiro atoms. The number of ether oxygens (including phenoxy) is 1. The van der Waals surface area contributed by atoms with Crippen molar-refractivity contribution in [3.63, 3.8) is 0 Å². The standard InChI is InChI=1S/C17H28N2O4/c1-10(7-11-5-6-11)14(20)18-13(16(22)23-4)8-12-9-17(2,3)19-15(12)21/h10-13H,5-9H2,1-4H3,(H,18,20)(H,19,21)/t10-,12?,13-/m0/s1. The van der Waals surface area contributed by atoms with Crippen molar-refractivity contribution in [2.24, 2.45) is 17.8 Å². The van der Waals surface area contributed by atoms with Crippen LogP contribution in [0.25, 0.3) is 0 Å². The lowest BCUT2D eigenvalue weighted by Gasteiger charge is -2.21. The minimum Gasteiger partial charge on any atom is -0.467 e. The van der Waals surface area contributed by atoms with Crippen LogP contribution in [0.2, 0.25) is 0 Å².